The predicted molar refractivity (Wildman–Crippen MR) is 101 cm³/mol. The Balaban J connectivity index is 1.77. The van der Waals surface area contributed by atoms with Crippen LogP contribution in [0.1, 0.15) is 5.69 Å². The zero-order valence-electron chi connectivity index (χ0n) is 13.8. The summed E-state index contributed by atoms with van der Waals surface area (Å²) in [6, 6.07) is 12.6. The van der Waals surface area contributed by atoms with Crippen molar-refractivity contribution in [3.8, 4) is 5.75 Å². The van der Waals surface area contributed by atoms with Crippen LogP contribution in [0.3, 0.4) is 0 Å². The van der Waals surface area contributed by atoms with Gasteiger partial charge in [0.1, 0.15) is 12.4 Å². The molecule has 0 aliphatic rings. The first-order valence-corrected chi connectivity index (χ1v) is 10.8. The lowest BCUT2D eigenvalue weighted by molar-refractivity contribution is -0.113. The molecule has 1 amide bonds. The molecule has 0 saturated carbocycles. The number of anilines is 1. The molecule has 134 valence electrons. The lowest BCUT2D eigenvalue weighted by atomic mass is 10.3. The third kappa shape index (κ3) is 8.04. The minimum Gasteiger partial charge on any atom is -0.492 e. The SMILES string of the molecule is CS(=O)(=O)CCOc1cccc(NC(=O)CSCc2ccccn2)c1. The smallest absolute Gasteiger partial charge is 0.234 e. The second-order valence-electron chi connectivity index (χ2n) is 5.37. The molecule has 1 aromatic heterocycles. The molecule has 1 aromatic carbocycles. The maximum atomic E-state index is 12.0. The fourth-order valence-corrected chi connectivity index (χ4v) is 3.03. The van der Waals surface area contributed by atoms with Crippen molar-refractivity contribution in [2.24, 2.45) is 0 Å². The molecule has 0 fully saturated rings. The highest BCUT2D eigenvalue weighted by molar-refractivity contribution is 7.99. The average Bonchev–Trinajstić information content (AvgIpc) is 2.55. The third-order valence-electron chi connectivity index (χ3n) is 3.05. The molecule has 0 atom stereocenters. The van der Waals surface area contributed by atoms with Gasteiger partial charge in [0, 0.05) is 30.0 Å². The molecule has 25 heavy (non-hydrogen) atoms. The number of nitrogens with one attached hydrogen (secondary N) is 1. The number of amides is 1. The number of benzene rings is 1. The monoisotopic (exact) mass is 380 g/mol. The number of sulfone groups is 1. The van der Waals surface area contributed by atoms with Gasteiger partial charge in [0.2, 0.25) is 5.91 Å². The first-order valence-electron chi connectivity index (χ1n) is 7.60. The lowest BCUT2D eigenvalue weighted by Crippen LogP contribution is -2.15. The van der Waals surface area contributed by atoms with E-state index in [1.165, 1.54) is 11.8 Å². The van der Waals surface area contributed by atoms with Crippen molar-refractivity contribution in [3.05, 3.63) is 54.4 Å². The molecule has 2 aromatic rings. The standard InChI is InChI=1S/C17H20N2O4S2/c1-25(21,22)10-9-23-16-7-4-6-14(11-16)19-17(20)13-24-12-15-5-2-3-8-18-15/h2-8,11H,9-10,12-13H2,1H3,(H,19,20). The normalized spacial score (nSPS) is 11.1. The first kappa shape index (κ1) is 19.3. The number of thioether (sulfide) groups is 1. The van der Waals surface area contributed by atoms with Gasteiger partial charge < -0.3 is 10.1 Å². The Kier molecular flexibility index (Phi) is 7.27. The van der Waals surface area contributed by atoms with Crippen molar-refractivity contribution >= 4 is 33.2 Å². The van der Waals surface area contributed by atoms with E-state index >= 15 is 0 Å². The zero-order valence-corrected chi connectivity index (χ0v) is 15.5. The molecule has 0 bridgehead atoms. The van der Waals surface area contributed by atoms with Crippen LogP contribution in [0.25, 0.3) is 0 Å². The summed E-state index contributed by atoms with van der Waals surface area (Å²) in [5, 5.41) is 2.80. The molecule has 8 heteroatoms. The number of carbonyl (C=O) groups excluding carboxylic acids is 1. The molecule has 0 aliphatic carbocycles. The second-order valence-corrected chi connectivity index (χ2v) is 8.61. The van der Waals surface area contributed by atoms with Gasteiger partial charge in [0.25, 0.3) is 0 Å². The highest BCUT2D eigenvalue weighted by Gasteiger charge is 2.06. The summed E-state index contributed by atoms with van der Waals surface area (Å²) < 4.78 is 27.6. The fraction of sp³-hybridized carbons (Fsp3) is 0.294. The van der Waals surface area contributed by atoms with E-state index < -0.39 is 9.84 Å². The molecule has 0 spiro atoms. The number of aromatic nitrogens is 1. The van der Waals surface area contributed by atoms with E-state index in [1.54, 1.807) is 30.5 Å². The summed E-state index contributed by atoms with van der Waals surface area (Å²) in [7, 11) is -3.06. The Morgan fingerprint density at radius 3 is 2.80 bits per heavy atom. The van der Waals surface area contributed by atoms with Crippen LogP contribution in [-0.2, 0) is 20.4 Å². The third-order valence-corrected chi connectivity index (χ3v) is 4.92. The van der Waals surface area contributed by atoms with Gasteiger partial charge in [-0.15, -0.1) is 11.8 Å². The topological polar surface area (TPSA) is 85.4 Å². The summed E-state index contributed by atoms with van der Waals surface area (Å²) in [6.45, 7) is 0.0795. The molecule has 1 N–H and O–H groups in total. The molecule has 0 unspecified atom stereocenters. The van der Waals surface area contributed by atoms with Crippen molar-refractivity contribution < 1.29 is 17.9 Å². The minimum absolute atomic E-state index is 0.0479. The summed E-state index contributed by atoms with van der Waals surface area (Å²) in [6.07, 6.45) is 2.89. The number of rotatable bonds is 9. The Morgan fingerprint density at radius 2 is 2.08 bits per heavy atom. The maximum Gasteiger partial charge on any atom is 0.234 e. The molecular weight excluding hydrogens is 360 g/mol. The number of hydrogen-bond acceptors (Lipinski definition) is 6. The van der Waals surface area contributed by atoms with Crippen molar-refractivity contribution in [1.82, 2.24) is 4.98 Å². The first-order chi connectivity index (χ1) is 11.9. The van der Waals surface area contributed by atoms with Crippen molar-refractivity contribution in [1.29, 1.82) is 0 Å². The second kappa shape index (κ2) is 9.43. The molecule has 1 heterocycles. The van der Waals surface area contributed by atoms with Gasteiger partial charge in [-0.1, -0.05) is 12.1 Å². The van der Waals surface area contributed by atoms with Crippen molar-refractivity contribution in [2.75, 3.05) is 29.7 Å². The number of hydrogen-bond donors (Lipinski definition) is 1. The van der Waals surface area contributed by atoms with Gasteiger partial charge in [-0.3, -0.25) is 9.78 Å². The van der Waals surface area contributed by atoms with Crippen molar-refractivity contribution in [3.63, 3.8) is 0 Å². The fourth-order valence-electron chi connectivity index (χ4n) is 1.90. The van der Waals surface area contributed by atoms with Gasteiger partial charge in [-0.25, -0.2) is 8.42 Å². The van der Waals surface area contributed by atoms with E-state index in [4.69, 9.17) is 4.74 Å². The Bertz CT molecular complexity index is 795. The van der Waals surface area contributed by atoms with Crippen LogP contribution in [0.15, 0.2) is 48.7 Å². The summed E-state index contributed by atoms with van der Waals surface area (Å²) in [4.78, 5) is 16.2. The maximum absolute atomic E-state index is 12.0. The van der Waals surface area contributed by atoms with E-state index in [1.807, 2.05) is 18.2 Å². The summed E-state index contributed by atoms with van der Waals surface area (Å²) >= 11 is 1.48. The predicted octanol–water partition coefficient (Wildman–Crippen LogP) is 2.38. The Hall–Kier alpha value is -2.06. The highest BCUT2D eigenvalue weighted by Crippen LogP contribution is 2.18. The van der Waals surface area contributed by atoms with E-state index in [-0.39, 0.29) is 18.3 Å². The van der Waals surface area contributed by atoms with Gasteiger partial charge >= 0.3 is 0 Å². The van der Waals surface area contributed by atoms with E-state index in [9.17, 15) is 13.2 Å². The zero-order chi connectivity index (χ0) is 18.1. The van der Waals surface area contributed by atoms with Crippen molar-refractivity contribution in [2.45, 2.75) is 5.75 Å². The molecule has 0 radical (unpaired) electrons. The van der Waals surface area contributed by atoms with E-state index in [0.29, 0.717) is 22.9 Å². The largest absolute Gasteiger partial charge is 0.492 e. The molecular formula is C17H20N2O4S2. The van der Waals surface area contributed by atoms with E-state index in [0.717, 1.165) is 11.9 Å². The Morgan fingerprint density at radius 1 is 1.24 bits per heavy atom. The highest BCUT2D eigenvalue weighted by atomic mass is 32.2. The van der Waals surface area contributed by atoms with Crippen LogP contribution in [-0.4, -0.2) is 43.7 Å². The number of nitrogens with zero attached hydrogens (tertiary/aromatic N) is 1. The number of pyridine rings is 1. The van der Waals surface area contributed by atoms with Gasteiger partial charge in [0.05, 0.1) is 17.2 Å². The summed E-state index contributed by atoms with van der Waals surface area (Å²) in [5.41, 5.74) is 1.54. The van der Waals surface area contributed by atoms with Crippen LogP contribution < -0.4 is 10.1 Å². The minimum atomic E-state index is -3.06. The van der Waals surface area contributed by atoms with Gasteiger partial charge in [-0.05, 0) is 24.3 Å². The van der Waals surface area contributed by atoms with Crippen LogP contribution in [0, 0.1) is 0 Å². The van der Waals surface area contributed by atoms with E-state index in [2.05, 4.69) is 10.3 Å². The van der Waals surface area contributed by atoms with Crippen LogP contribution in [0.2, 0.25) is 0 Å². The average molecular weight is 380 g/mol. The van der Waals surface area contributed by atoms with Gasteiger partial charge in [0.15, 0.2) is 9.84 Å². The van der Waals surface area contributed by atoms with Crippen LogP contribution >= 0.6 is 11.8 Å². The Labute approximate surface area is 151 Å². The molecule has 0 saturated heterocycles. The van der Waals surface area contributed by atoms with Crippen LogP contribution in [0.5, 0.6) is 5.75 Å². The lowest BCUT2D eigenvalue weighted by Gasteiger charge is -2.09. The quantitative estimate of drug-likeness (QED) is 0.719. The number of ether oxygens (including phenoxy) is 1. The molecule has 2 rings (SSSR count). The molecule has 6 nitrogen and oxygen atoms in total. The number of carbonyl (C=O) groups is 1. The van der Waals surface area contributed by atoms with Crippen LogP contribution in [0.4, 0.5) is 5.69 Å². The summed E-state index contributed by atoms with van der Waals surface area (Å²) in [5.74, 6) is 1.34. The molecule has 0 aliphatic heterocycles. The van der Waals surface area contributed by atoms with Gasteiger partial charge in [-0.2, -0.15) is 0 Å².